The van der Waals surface area contributed by atoms with Gasteiger partial charge in [-0.15, -0.1) is 0 Å². The Morgan fingerprint density at radius 2 is 1.76 bits per heavy atom. The first-order chi connectivity index (χ1) is 16.1. The van der Waals surface area contributed by atoms with E-state index in [1.54, 1.807) is 31.2 Å². The van der Waals surface area contributed by atoms with Crippen LogP contribution in [0, 0.1) is 12.7 Å². The SMILES string of the molecule is Cc1c(F)c2c(c(OCc3ccccc3)c1C(=O)Oc1ccccc1)CN([C@@H]1CCOC1)C2. The van der Waals surface area contributed by atoms with E-state index in [0.717, 1.165) is 17.5 Å². The van der Waals surface area contributed by atoms with E-state index >= 15 is 4.39 Å². The predicted octanol–water partition coefficient (Wildman–Crippen LogP) is 5.04. The van der Waals surface area contributed by atoms with E-state index in [2.05, 4.69) is 4.90 Å². The summed E-state index contributed by atoms with van der Waals surface area (Å²) in [6.07, 6.45) is 0.914. The molecule has 0 unspecified atom stereocenters. The molecule has 0 saturated carbocycles. The van der Waals surface area contributed by atoms with Crippen LogP contribution in [0.5, 0.6) is 11.5 Å². The third kappa shape index (κ3) is 4.36. The summed E-state index contributed by atoms with van der Waals surface area (Å²) in [5.74, 6) is -0.166. The number of carbonyl (C=O) groups excluding carboxylic acids is 1. The number of carbonyl (C=O) groups is 1. The van der Waals surface area contributed by atoms with Gasteiger partial charge in [-0.25, -0.2) is 9.18 Å². The summed E-state index contributed by atoms with van der Waals surface area (Å²) in [4.78, 5) is 15.5. The molecule has 5 nitrogen and oxygen atoms in total. The van der Waals surface area contributed by atoms with Crippen LogP contribution in [0.15, 0.2) is 60.7 Å². The summed E-state index contributed by atoms with van der Waals surface area (Å²) in [6, 6.07) is 18.8. The van der Waals surface area contributed by atoms with Crippen LogP contribution in [0.2, 0.25) is 0 Å². The number of fused-ring (bicyclic) bond motifs is 1. The fraction of sp³-hybridized carbons (Fsp3) is 0.296. The maximum atomic E-state index is 15.5. The van der Waals surface area contributed by atoms with E-state index in [1.807, 2.05) is 36.4 Å². The molecule has 2 aliphatic heterocycles. The summed E-state index contributed by atoms with van der Waals surface area (Å²) in [6.45, 7) is 4.23. The van der Waals surface area contributed by atoms with Gasteiger partial charge in [0.25, 0.3) is 0 Å². The summed E-state index contributed by atoms with van der Waals surface area (Å²) in [5.41, 5.74) is 2.69. The molecule has 0 aromatic heterocycles. The van der Waals surface area contributed by atoms with Gasteiger partial charge in [0.1, 0.15) is 29.5 Å². The van der Waals surface area contributed by atoms with Gasteiger partial charge in [0.05, 0.1) is 6.61 Å². The second-order valence-corrected chi connectivity index (χ2v) is 8.50. The molecule has 33 heavy (non-hydrogen) atoms. The number of para-hydroxylation sites is 1. The second-order valence-electron chi connectivity index (χ2n) is 8.50. The molecule has 6 heteroatoms. The molecule has 1 fully saturated rings. The fourth-order valence-electron chi connectivity index (χ4n) is 4.57. The van der Waals surface area contributed by atoms with E-state index < -0.39 is 5.97 Å². The van der Waals surface area contributed by atoms with Crippen LogP contribution in [0.25, 0.3) is 0 Å². The van der Waals surface area contributed by atoms with Crippen molar-refractivity contribution < 1.29 is 23.4 Å². The Morgan fingerprint density at radius 1 is 1.06 bits per heavy atom. The average Bonchev–Trinajstić information content (AvgIpc) is 3.52. The van der Waals surface area contributed by atoms with Crippen molar-refractivity contribution in [2.24, 2.45) is 0 Å². The lowest BCUT2D eigenvalue weighted by molar-refractivity contribution is 0.0727. The molecule has 170 valence electrons. The third-order valence-electron chi connectivity index (χ3n) is 6.36. The lowest BCUT2D eigenvalue weighted by Gasteiger charge is -2.21. The number of hydrogen-bond donors (Lipinski definition) is 0. The number of ether oxygens (including phenoxy) is 3. The fourth-order valence-corrected chi connectivity index (χ4v) is 4.57. The van der Waals surface area contributed by atoms with Gasteiger partial charge in [0.2, 0.25) is 0 Å². The first-order valence-corrected chi connectivity index (χ1v) is 11.2. The van der Waals surface area contributed by atoms with Gasteiger partial charge in [0, 0.05) is 42.4 Å². The van der Waals surface area contributed by atoms with Crippen LogP contribution in [-0.4, -0.2) is 30.1 Å². The monoisotopic (exact) mass is 447 g/mol. The zero-order valence-corrected chi connectivity index (χ0v) is 18.6. The Morgan fingerprint density at radius 3 is 2.45 bits per heavy atom. The Labute approximate surface area is 192 Å². The van der Waals surface area contributed by atoms with Crippen LogP contribution < -0.4 is 9.47 Å². The van der Waals surface area contributed by atoms with Crippen molar-refractivity contribution >= 4 is 5.97 Å². The highest BCUT2D eigenvalue weighted by atomic mass is 19.1. The molecule has 0 N–H and O–H groups in total. The molecular weight excluding hydrogens is 421 g/mol. The van der Waals surface area contributed by atoms with Gasteiger partial charge in [-0.05, 0) is 31.0 Å². The van der Waals surface area contributed by atoms with Gasteiger partial charge in [-0.2, -0.15) is 0 Å². The minimum atomic E-state index is -0.619. The molecule has 0 radical (unpaired) electrons. The van der Waals surface area contributed by atoms with E-state index in [4.69, 9.17) is 14.2 Å². The molecule has 1 saturated heterocycles. The first-order valence-electron chi connectivity index (χ1n) is 11.2. The number of esters is 1. The van der Waals surface area contributed by atoms with Crippen molar-refractivity contribution in [3.05, 3.63) is 94.3 Å². The van der Waals surface area contributed by atoms with Crippen LogP contribution in [0.3, 0.4) is 0 Å². The molecule has 5 rings (SSSR count). The van der Waals surface area contributed by atoms with Gasteiger partial charge < -0.3 is 14.2 Å². The van der Waals surface area contributed by atoms with E-state index in [-0.39, 0.29) is 29.6 Å². The van der Waals surface area contributed by atoms with Gasteiger partial charge in [0.15, 0.2) is 0 Å². The Bertz CT molecular complexity index is 1140. The molecule has 3 aromatic rings. The van der Waals surface area contributed by atoms with E-state index in [1.165, 1.54) is 0 Å². The molecular formula is C27H26FNO4. The van der Waals surface area contributed by atoms with Crippen LogP contribution >= 0.6 is 0 Å². The molecule has 0 aliphatic carbocycles. The van der Waals surface area contributed by atoms with Crippen molar-refractivity contribution in [3.8, 4) is 11.5 Å². The lowest BCUT2D eigenvalue weighted by atomic mass is 9.98. The summed E-state index contributed by atoms with van der Waals surface area (Å²) < 4.78 is 32.9. The highest BCUT2D eigenvalue weighted by Crippen LogP contribution is 2.41. The third-order valence-corrected chi connectivity index (χ3v) is 6.36. The van der Waals surface area contributed by atoms with Gasteiger partial charge in [-0.1, -0.05) is 48.5 Å². The maximum absolute atomic E-state index is 15.5. The normalized spacial score (nSPS) is 17.7. The number of benzene rings is 3. The highest BCUT2D eigenvalue weighted by Gasteiger charge is 2.36. The summed E-state index contributed by atoms with van der Waals surface area (Å²) in [7, 11) is 0. The Balaban J connectivity index is 1.53. The maximum Gasteiger partial charge on any atom is 0.347 e. The zero-order chi connectivity index (χ0) is 22.8. The van der Waals surface area contributed by atoms with Crippen LogP contribution in [0.4, 0.5) is 4.39 Å². The average molecular weight is 448 g/mol. The number of halogens is 1. The highest BCUT2D eigenvalue weighted by molar-refractivity contribution is 5.96. The molecule has 0 spiro atoms. The number of nitrogens with zero attached hydrogens (tertiary/aromatic N) is 1. The molecule has 1 atom stereocenters. The Hall–Kier alpha value is -3.22. The van der Waals surface area contributed by atoms with Crippen molar-refractivity contribution in [3.63, 3.8) is 0 Å². The summed E-state index contributed by atoms with van der Waals surface area (Å²) >= 11 is 0. The van der Waals surface area contributed by atoms with Crippen molar-refractivity contribution in [1.82, 2.24) is 4.90 Å². The smallest absolute Gasteiger partial charge is 0.347 e. The first kappa shape index (κ1) is 21.6. The van der Waals surface area contributed by atoms with Crippen molar-refractivity contribution in [2.45, 2.75) is 39.1 Å². The predicted molar refractivity (Wildman–Crippen MR) is 122 cm³/mol. The molecule has 2 aliphatic rings. The Kier molecular flexibility index (Phi) is 6.11. The number of hydrogen-bond acceptors (Lipinski definition) is 5. The second kappa shape index (κ2) is 9.33. The largest absolute Gasteiger partial charge is 0.488 e. The van der Waals surface area contributed by atoms with Gasteiger partial charge in [-0.3, -0.25) is 4.90 Å². The van der Waals surface area contributed by atoms with E-state index in [9.17, 15) is 4.79 Å². The molecule has 0 amide bonds. The van der Waals surface area contributed by atoms with Crippen molar-refractivity contribution in [1.29, 1.82) is 0 Å². The topological polar surface area (TPSA) is 48.0 Å². The zero-order valence-electron chi connectivity index (χ0n) is 18.6. The molecule has 2 heterocycles. The minimum Gasteiger partial charge on any atom is -0.488 e. The standard InChI is InChI=1S/C27H26FNO4/c1-18-24(27(30)33-21-10-6-3-7-11-21)26(32-16-19-8-4-2-5-9-19)23-15-29(14-22(23)25(18)28)20-12-13-31-17-20/h2-11,20H,12-17H2,1H3/t20-/m1/s1. The molecule has 0 bridgehead atoms. The quantitative estimate of drug-likeness (QED) is 0.392. The van der Waals surface area contributed by atoms with Crippen LogP contribution in [-0.2, 0) is 24.4 Å². The lowest BCUT2D eigenvalue weighted by Crippen LogP contribution is -2.30. The van der Waals surface area contributed by atoms with Crippen LogP contribution in [0.1, 0.15) is 39.0 Å². The van der Waals surface area contributed by atoms with Gasteiger partial charge >= 0.3 is 5.97 Å². The summed E-state index contributed by atoms with van der Waals surface area (Å²) in [5, 5.41) is 0. The molecule has 3 aromatic carbocycles. The number of rotatable bonds is 6. The van der Waals surface area contributed by atoms with Crippen molar-refractivity contribution in [2.75, 3.05) is 13.2 Å². The van der Waals surface area contributed by atoms with E-state index in [0.29, 0.717) is 43.4 Å². The minimum absolute atomic E-state index is 0.149.